The fraction of sp³-hybridized carbons (Fsp3) is 0.333. The Morgan fingerprint density at radius 1 is 1.04 bits per heavy atom. The summed E-state index contributed by atoms with van der Waals surface area (Å²) >= 11 is 1.73. The van der Waals surface area contributed by atoms with Crippen LogP contribution in [0.15, 0.2) is 95.3 Å². The molecule has 0 N–H and O–H groups in total. The van der Waals surface area contributed by atoms with Crippen LogP contribution in [-0.2, 0) is 6.42 Å². The van der Waals surface area contributed by atoms with Gasteiger partial charge in [-0.25, -0.2) is 0 Å². The van der Waals surface area contributed by atoms with Crippen LogP contribution < -0.4 is 0 Å². The van der Waals surface area contributed by atoms with Gasteiger partial charge >= 0.3 is 0 Å². The molecular weight excluding hydrogens is 356 g/mol. The van der Waals surface area contributed by atoms with E-state index >= 15 is 0 Å². The Bertz CT molecular complexity index is 735. The minimum Gasteiger partial charge on any atom is -0.0991 e. The molecule has 28 heavy (non-hydrogen) atoms. The van der Waals surface area contributed by atoms with Gasteiger partial charge < -0.3 is 0 Å². The highest BCUT2D eigenvalue weighted by atomic mass is 32.2. The van der Waals surface area contributed by atoms with E-state index in [0.29, 0.717) is 0 Å². The standard InChI is InChI=1S/C27H34S/c1-4-14-23(3)27(5-2)28-22-13-8-6-7-10-15-24-18-20-26(21-19-24)25-16-11-9-12-17-25/h4-8,10,13-14,18-22,25H,1,9,11-12,15-17H2,2-3H3/b8-6-,10-7-,22-13+,23-14-,27-5+. The van der Waals surface area contributed by atoms with Crippen molar-refractivity contribution < 1.29 is 0 Å². The van der Waals surface area contributed by atoms with Gasteiger partial charge in [-0.1, -0.05) is 110 Å². The molecule has 1 aromatic carbocycles. The number of hydrogen-bond donors (Lipinski definition) is 0. The average molecular weight is 391 g/mol. The molecule has 0 spiro atoms. The molecule has 2 rings (SSSR count). The van der Waals surface area contributed by atoms with E-state index in [4.69, 9.17) is 0 Å². The van der Waals surface area contributed by atoms with Crippen LogP contribution in [0.5, 0.6) is 0 Å². The molecule has 0 atom stereocenters. The fourth-order valence-corrected chi connectivity index (χ4v) is 4.28. The van der Waals surface area contributed by atoms with E-state index in [-0.39, 0.29) is 0 Å². The van der Waals surface area contributed by atoms with Crippen molar-refractivity contribution in [3.05, 3.63) is 106 Å². The van der Waals surface area contributed by atoms with Crippen molar-refractivity contribution in [3.63, 3.8) is 0 Å². The molecule has 0 heterocycles. The Hall–Kier alpha value is -1.99. The van der Waals surface area contributed by atoms with Gasteiger partial charge in [0.2, 0.25) is 0 Å². The van der Waals surface area contributed by atoms with Crippen molar-refractivity contribution >= 4 is 11.8 Å². The summed E-state index contributed by atoms with van der Waals surface area (Å²) in [5, 5.41) is 2.12. The minimum atomic E-state index is 0.796. The Labute approximate surface area is 176 Å². The summed E-state index contributed by atoms with van der Waals surface area (Å²) in [5.74, 6) is 0.796. The number of benzene rings is 1. The lowest BCUT2D eigenvalue weighted by molar-refractivity contribution is 0.443. The SMILES string of the molecule is C=C/C=C(C)\C(=C/C)S/C=C/C=C\C=C/Cc1ccc(C2CCCCC2)cc1. The summed E-state index contributed by atoms with van der Waals surface area (Å²) in [6.07, 6.45) is 24.6. The smallest absolute Gasteiger partial charge is 0.0102 e. The maximum Gasteiger partial charge on any atom is 0.0102 e. The summed E-state index contributed by atoms with van der Waals surface area (Å²) in [7, 11) is 0. The quantitative estimate of drug-likeness (QED) is 0.380. The molecule has 1 aliphatic carbocycles. The second kappa shape index (κ2) is 13.2. The van der Waals surface area contributed by atoms with E-state index in [9.17, 15) is 0 Å². The predicted octanol–water partition coefficient (Wildman–Crippen LogP) is 8.67. The van der Waals surface area contributed by atoms with Crippen LogP contribution in [0.25, 0.3) is 0 Å². The topological polar surface area (TPSA) is 0 Å². The number of allylic oxidation sites excluding steroid dienone is 9. The van der Waals surface area contributed by atoms with Crippen molar-refractivity contribution in [3.8, 4) is 0 Å². The lowest BCUT2D eigenvalue weighted by atomic mass is 9.84. The van der Waals surface area contributed by atoms with Crippen molar-refractivity contribution in [1.82, 2.24) is 0 Å². The normalized spacial score (nSPS) is 17.2. The summed E-state index contributed by atoms with van der Waals surface area (Å²) in [4.78, 5) is 1.26. The maximum absolute atomic E-state index is 3.75. The highest BCUT2D eigenvalue weighted by Gasteiger charge is 2.14. The van der Waals surface area contributed by atoms with Gasteiger partial charge in [0.25, 0.3) is 0 Å². The van der Waals surface area contributed by atoms with Crippen LogP contribution in [0, 0.1) is 0 Å². The summed E-state index contributed by atoms with van der Waals surface area (Å²) < 4.78 is 0. The Morgan fingerprint density at radius 2 is 1.75 bits per heavy atom. The average Bonchev–Trinajstić information content (AvgIpc) is 2.74. The first-order chi connectivity index (χ1) is 13.7. The first kappa shape index (κ1) is 22.3. The van der Waals surface area contributed by atoms with Gasteiger partial charge in [0.15, 0.2) is 0 Å². The second-order valence-corrected chi connectivity index (χ2v) is 8.23. The molecule has 0 amide bonds. The van der Waals surface area contributed by atoms with Gasteiger partial charge in [-0.2, -0.15) is 0 Å². The van der Waals surface area contributed by atoms with Gasteiger partial charge in [-0.3, -0.25) is 0 Å². The van der Waals surface area contributed by atoms with Crippen LogP contribution in [0.1, 0.15) is 63.0 Å². The Kier molecular flexibility index (Phi) is 10.5. The first-order valence-corrected chi connectivity index (χ1v) is 11.3. The lowest BCUT2D eigenvalue weighted by Gasteiger charge is -2.22. The predicted molar refractivity (Wildman–Crippen MR) is 129 cm³/mol. The monoisotopic (exact) mass is 390 g/mol. The fourth-order valence-electron chi connectivity index (χ4n) is 3.58. The lowest BCUT2D eigenvalue weighted by Crippen LogP contribution is -2.04. The van der Waals surface area contributed by atoms with Crippen molar-refractivity contribution in [2.75, 3.05) is 0 Å². The van der Waals surface area contributed by atoms with E-state index in [2.05, 4.69) is 86.6 Å². The molecule has 0 bridgehead atoms. The zero-order valence-corrected chi connectivity index (χ0v) is 18.3. The number of hydrogen-bond acceptors (Lipinski definition) is 1. The van der Waals surface area contributed by atoms with Gasteiger partial charge in [-0.05, 0) is 61.1 Å². The van der Waals surface area contributed by atoms with Crippen LogP contribution in [0.2, 0.25) is 0 Å². The molecule has 0 aliphatic heterocycles. The first-order valence-electron chi connectivity index (χ1n) is 10.4. The molecule has 0 nitrogen and oxygen atoms in total. The molecule has 1 aliphatic rings. The number of rotatable bonds is 9. The van der Waals surface area contributed by atoms with Crippen LogP contribution in [-0.4, -0.2) is 0 Å². The highest BCUT2D eigenvalue weighted by molar-refractivity contribution is 8.06. The second-order valence-electron chi connectivity index (χ2n) is 7.28. The molecule has 0 radical (unpaired) electrons. The van der Waals surface area contributed by atoms with Crippen LogP contribution in [0.3, 0.4) is 0 Å². The number of thioether (sulfide) groups is 1. The van der Waals surface area contributed by atoms with Crippen LogP contribution >= 0.6 is 11.8 Å². The summed E-state index contributed by atoms with van der Waals surface area (Å²) in [5.41, 5.74) is 4.16. The molecule has 0 aromatic heterocycles. The minimum absolute atomic E-state index is 0.796. The van der Waals surface area contributed by atoms with Gasteiger partial charge in [0, 0.05) is 4.91 Å². The molecule has 1 heteroatoms. The van der Waals surface area contributed by atoms with Crippen molar-refractivity contribution in [2.45, 2.75) is 58.3 Å². The van der Waals surface area contributed by atoms with E-state index < -0.39 is 0 Å². The molecule has 1 saturated carbocycles. The Morgan fingerprint density at radius 3 is 2.43 bits per heavy atom. The third-order valence-electron chi connectivity index (χ3n) is 5.17. The third kappa shape index (κ3) is 7.94. The van der Waals surface area contributed by atoms with Crippen molar-refractivity contribution in [2.24, 2.45) is 0 Å². The molecule has 0 unspecified atom stereocenters. The van der Waals surface area contributed by atoms with Gasteiger partial charge in [0.1, 0.15) is 0 Å². The summed E-state index contributed by atoms with van der Waals surface area (Å²) in [6, 6.07) is 9.28. The van der Waals surface area contributed by atoms with Crippen molar-refractivity contribution in [1.29, 1.82) is 0 Å². The zero-order chi connectivity index (χ0) is 20.0. The molecular formula is C27H34S. The molecule has 1 fully saturated rings. The maximum atomic E-state index is 3.75. The van der Waals surface area contributed by atoms with Crippen LogP contribution in [0.4, 0.5) is 0 Å². The van der Waals surface area contributed by atoms with Gasteiger partial charge in [-0.15, -0.1) is 0 Å². The highest BCUT2D eigenvalue weighted by Crippen LogP contribution is 2.32. The van der Waals surface area contributed by atoms with E-state index in [1.54, 1.807) is 11.8 Å². The van der Waals surface area contributed by atoms with Gasteiger partial charge in [0.05, 0.1) is 0 Å². The van der Waals surface area contributed by atoms with E-state index in [0.717, 1.165) is 12.3 Å². The zero-order valence-electron chi connectivity index (χ0n) is 17.4. The summed E-state index contributed by atoms with van der Waals surface area (Å²) in [6.45, 7) is 7.93. The van der Waals surface area contributed by atoms with E-state index in [1.807, 2.05) is 12.2 Å². The molecule has 148 valence electrons. The molecule has 0 saturated heterocycles. The molecule has 1 aromatic rings. The third-order valence-corrected chi connectivity index (χ3v) is 6.28. The Balaban J connectivity index is 1.74. The largest absolute Gasteiger partial charge is 0.0991 e. The van der Waals surface area contributed by atoms with E-state index in [1.165, 1.54) is 53.7 Å².